The normalized spacial score (nSPS) is 15.9. The molecule has 1 fully saturated rings. The summed E-state index contributed by atoms with van der Waals surface area (Å²) in [5, 5.41) is 5.97. The number of likely N-dealkylation sites (tertiary alicyclic amines) is 1. The highest BCUT2D eigenvalue weighted by molar-refractivity contribution is 5.94. The summed E-state index contributed by atoms with van der Waals surface area (Å²) in [6, 6.07) is 15.7. The Hall–Kier alpha value is -2.86. The van der Waals surface area contributed by atoms with Crippen LogP contribution in [0.15, 0.2) is 48.5 Å². The van der Waals surface area contributed by atoms with Crippen LogP contribution in [0, 0.1) is 0 Å². The SMILES string of the molecule is CCOCCCNC(=O)c1cccc(C2CCCN(C(=O)Nc3ccc(CC)cc3)C2)c1. The van der Waals surface area contributed by atoms with Crippen LogP contribution in [0.2, 0.25) is 0 Å². The highest BCUT2D eigenvalue weighted by Crippen LogP contribution is 2.28. The van der Waals surface area contributed by atoms with Crippen LogP contribution in [0.4, 0.5) is 10.5 Å². The average Bonchev–Trinajstić information content (AvgIpc) is 2.84. The molecule has 1 aliphatic rings. The van der Waals surface area contributed by atoms with Gasteiger partial charge < -0.3 is 20.3 Å². The number of carbonyl (C=O) groups is 2. The number of nitrogens with zero attached hydrogens (tertiary/aromatic N) is 1. The van der Waals surface area contributed by atoms with E-state index in [2.05, 4.69) is 23.6 Å². The zero-order chi connectivity index (χ0) is 22.8. The number of anilines is 1. The smallest absolute Gasteiger partial charge is 0.321 e. The first-order chi connectivity index (χ1) is 15.6. The number of piperidine rings is 1. The fourth-order valence-electron chi connectivity index (χ4n) is 4.02. The maximum Gasteiger partial charge on any atom is 0.321 e. The van der Waals surface area contributed by atoms with Gasteiger partial charge in [-0.15, -0.1) is 0 Å². The highest BCUT2D eigenvalue weighted by Gasteiger charge is 2.25. The Labute approximate surface area is 191 Å². The van der Waals surface area contributed by atoms with Crippen LogP contribution >= 0.6 is 0 Å². The van der Waals surface area contributed by atoms with Crippen LogP contribution in [0.1, 0.15) is 60.5 Å². The Kier molecular flexibility index (Phi) is 9.11. The number of hydrogen-bond donors (Lipinski definition) is 2. The van der Waals surface area contributed by atoms with Gasteiger partial charge >= 0.3 is 6.03 Å². The molecule has 1 unspecified atom stereocenters. The number of ether oxygens (including phenoxy) is 1. The molecule has 32 heavy (non-hydrogen) atoms. The van der Waals surface area contributed by atoms with E-state index in [-0.39, 0.29) is 17.9 Å². The summed E-state index contributed by atoms with van der Waals surface area (Å²) in [5.74, 6) is 0.159. The molecule has 1 heterocycles. The monoisotopic (exact) mass is 437 g/mol. The molecule has 172 valence electrons. The molecule has 0 saturated carbocycles. The second-order valence-corrected chi connectivity index (χ2v) is 8.20. The van der Waals surface area contributed by atoms with Gasteiger partial charge in [0, 0.05) is 50.0 Å². The molecule has 1 saturated heterocycles. The average molecular weight is 438 g/mol. The second kappa shape index (κ2) is 12.2. The molecular formula is C26H35N3O3. The van der Waals surface area contributed by atoms with Crippen LogP contribution in [0.3, 0.4) is 0 Å². The molecule has 0 aliphatic carbocycles. The van der Waals surface area contributed by atoms with Crippen molar-refractivity contribution in [2.45, 2.75) is 45.4 Å². The van der Waals surface area contributed by atoms with Gasteiger partial charge in [-0.05, 0) is 68.0 Å². The van der Waals surface area contributed by atoms with Gasteiger partial charge in [0.05, 0.1) is 0 Å². The molecule has 0 bridgehead atoms. The number of hydrogen-bond acceptors (Lipinski definition) is 3. The Morgan fingerprint density at radius 3 is 2.69 bits per heavy atom. The minimum absolute atomic E-state index is 0.0655. The van der Waals surface area contributed by atoms with E-state index in [1.807, 2.05) is 54.3 Å². The summed E-state index contributed by atoms with van der Waals surface area (Å²) in [4.78, 5) is 27.2. The van der Waals surface area contributed by atoms with Gasteiger partial charge in [0.15, 0.2) is 0 Å². The van der Waals surface area contributed by atoms with Crippen molar-refractivity contribution in [2.24, 2.45) is 0 Å². The predicted octanol–water partition coefficient (Wildman–Crippen LogP) is 4.82. The molecule has 0 aromatic heterocycles. The summed E-state index contributed by atoms with van der Waals surface area (Å²) < 4.78 is 5.31. The van der Waals surface area contributed by atoms with E-state index in [0.717, 1.165) is 43.5 Å². The summed E-state index contributed by atoms with van der Waals surface area (Å²) >= 11 is 0. The number of aryl methyl sites for hydroxylation is 1. The number of rotatable bonds is 9. The summed E-state index contributed by atoms with van der Waals surface area (Å²) in [6.07, 6.45) is 3.73. The lowest BCUT2D eigenvalue weighted by Crippen LogP contribution is -2.41. The molecule has 2 aromatic rings. The maximum absolute atomic E-state index is 12.8. The molecule has 3 amide bonds. The predicted molar refractivity (Wildman–Crippen MR) is 128 cm³/mol. The standard InChI is InChI=1S/C26H35N3O3/c1-3-20-11-13-24(14-12-20)28-26(31)29-16-6-10-23(19-29)21-8-5-9-22(18-21)25(30)27-15-7-17-32-4-2/h5,8-9,11-14,18,23H,3-4,6-7,10,15-17,19H2,1-2H3,(H,27,30)(H,28,31). The summed E-state index contributed by atoms with van der Waals surface area (Å²) in [7, 11) is 0. The highest BCUT2D eigenvalue weighted by atomic mass is 16.5. The third-order valence-electron chi connectivity index (χ3n) is 5.90. The van der Waals surface area contributed by atoms with Crippen LogP contribution in [0.25, 0.3) is 0 Å². The van der Waals surface area contributed by atoms with Crippen molar-refractivity contribution in [2.75, 3.05) is 38.2 Å². The Morgan fingerprint density at radius 2 is 1.94 bits per heavy atom. The van der Waals surface area contributed by atoms with Gasteiger partial charge in [-0.3, -0.25) is 4.79 Å². The van der Waals surface area contributed by atoms with Crippen LogP contribution in [-0.2, 0) is 11.2 Å². The van der Waals surface area contributed by atoms with Crippen LogP contribution in [-0.4, -0.2) is 49.7 Å². The Bertz CT molecular complexity index is 882. The quantitative estimate of drug-likeness (QED) is 0.553. The first-order valence-electron chi connectivity index (χ1n) is 11.7. The van der Waals surface area contributed by atoms with Crippen molar-refractivity contribution >= 4 is 17.6 Å². The number of benzene rings is 2. The Morgan fingerprint density at radius 1 is 1.12 bits per heavy atom. The third kappa shape index (κ3) is 6.82. The minimum atomic E-state index is -0.0675. The topological polar surface area (TPSA) is 70.7 Å². The van der Waals surface area contributed by atoms with Gasteiger partial charge in [-0.25, -0.2) is 4.79 Å². The first kappa shape index (κ1) is 23.8. The lowest BCUT2D eigenvalue weighted by Gasteiger charge is -2.33. The zero-order valence-corrected chi connectivity index (χ0v) is 19.2. The molecule has 3 rings (SSSR count). The molecule has 0 spiro atoms. The van der Waals surface area contributed by atoms with E-state index in [9.17, 15) is 9.59 Å². The fraction of sp³-hybridized carbons (Fsp3) is 0.462. The number of nitrogens with one attached hydrogen (secondary N) is 2. The Balaban J connectivity index is 1.56. The van der Waals surface area contributed by atoms with E-state index >= 15 is 0 Å². The first-order valence-corrected chi connectivity index (χ1v) is 11.7. The zero-order valence-electron chi connectivity index (χ0n) is 19.2. The van der Waals surface area contributed by atoms with Gasteiger partial charge in [-0.1, -0.05) is 31.2 Å². The van der Waals surface area contributed by atoms with Crippen LogP contribution in [0.5, 0.6) is 0 Å². The van der Waals surface area contributed by atoms with Gasteiger partial charge in [-0.2, -0.15) is 0 Å². The molecule has 6 nitrogen and oxygen atoms in total. The lowest BCUT2D eigenvalue weighted by atomic mass is 9.89. The number of urea groups is 1. The third-order valence-corrected chi connectivity index (χ3v) is 5.90. The summed E-state index contributed by atoms with van der Waals surface area (Å²) in [5.41, 5.74) is 3.84. The fourth-order valence-corrected chi connectivity index (χ4v) is 4.02. The van der Waals surface area contributed by atoms with Crippen molar-refractivity contribution < 1.29 is 14.3 Å². The van der Waals surface area contributed by atoms with E-state index in [0.29, 0.717) is 31.9 Å². The van der Waals surface area contributed by atoms with Gasteiger partial charge in [0.25, 0.3) is 5.91 Å². The van der Waals surface area contributed by atoms with Crippen LogP contribution < -0.4 is 10.6 Å². The number of carbonyl (C=O) groups excluding carboxylic acids is 2. The van der Waals surface area contributed by atoms with Crippen molar-refractivity contribution in [1.82, 2.24) is 10.2 Å². The van der Waals surface area contributed by atoms with Gasteiger partial charge in [0.1, 0.15) is 0 Å². The van der Waals surface area contributed by atoms with E-state index in [1.54, 1.807) is 0 Å². The van der Waals surface area contributed by atoms with Crippen molar-refractivity contribution in [3.63, 3.8) is 0 Å². The molecule has 0 radical (unpaired) electrons. The van der Waals surface area contributed by atoms with Crippen molar-refractivity contribution in [1.29, 1.82) is 0 Å². The van der Waals surface area contributed by atoms with Crippen molar-refractivity contribution in [3.8, 4) is 0 Å². The van der Waals surface area contributed by atoms with Gasteiger partial charge in [0.2, 0.25) is 0 Å². The van der Waals surface area contributed by atoms with E-state index < -0.39 is 0 Å². The van der Waals surface area contributed by atoms with E-state index in [4.69, 9.17) is 4.74 Å². The molecule has 2 aromatic carbocycles. The minimum Gasteiger partial charge on any atom is -0.382 e. The number of amides is 3. The molecule has 1 aliphatic heterocycles. The van der Waals surface area contributed by atoms with E-state index in [1.165, 1.54) is 5.56 Å². The molecular weight excluding hydrogens is 402 g/mol. The largest absolute Gasteiger partial charge is 0.382 e. The molecule has 1 atom stereocenters. The molecule has 6 heteroatoms. The molecule has 2 N–H and O–H groups in total. The van der Waals surface area contributed by atoms with Crippen molar-refractivity contribution in [3.05, 3.63) is 65.2 Å². The summed E-state index contributed by atoms with van der Waals surface area (Å²) in [6.45, 7) is 7.41. The maximum atomic E-state index is 12.8. The second-order valence-electron chi connectivity index (χ2n) is 8.20. The lowest BCUT2D eigenvalue weighted by molar-refractivity contribution is 0.0944.